The number of phenolic OH excluding ortho intramolecular Hbond substituents is 1. The van der Waals surface area contributed by atoms with E-state index in [9.17, 15) is 9.50 Å². The van der Waals surface area contributed by atoms with Gasteiger partial charge in [0.15, 0.2) is 0 Å². The molecule has 1 aliphatic rings. The van der Waals surface area contributed by atoms with Crippen molar-refractivity contribution in [1.29, 1.82) is 0 Å². The summed E-state index contributed by atoms with van der Waals surface area (Å²) in [5.74, 6) is 0.0888. The van der Waals surface area contributed by atoms with Crippen molar-refractivity contribution in [3.8, 4) is 5.75 Å². The smallest absolute Gasteiger partial charge is 0.130 e. The Morgan fingerprint density at radius 1 is 1.47 bits per heavy atom. The summed E-state index contributed by atoms with van der Waals surface area (Å²) >= 11 is 0. The molecule has 1 aromatic rings. The predicted molar refractivity (Wildman–Crippen MR) is 57.6 cm³/mol. The Kier molecular flexibility index (Phi) is 2.91. The van der Waals surface area contributed by atoms with Crippen molar-refractivity contribution in [2.45, 2.75) is 25.7 Å². The quantitative estimate of drug-likeness (QED) is 0.744. The van der Waals surface area contributed by atoms with E-state index in [0.717, 1.165) is 31.5 Å². The molecule has 0 spiro atoms. The zero-order chi connectivity index (χ0) is 10.8. The molecule has 0 amide bonds. The number of aromatic hydroxyl groups is 1. The van der Waals surface area contributed by atoms with Gasteiger partial charge in [0.2, 0.25) is 0 Å². The first-order valence-electron chi connectivity index (χ1n) is 5.38. The molecule has 0 bridgehead atoms. The number of halogens is 1. The molecule has 1 saturated heterocycles. The van der Waals surface area contributed by atoms with Crippen LogP contribution in [0.3, 0.4) is 0 Å². The molecule has 0 radical (unpaired) electrons. The molecule has 0 aromatic heterocycles. The summed E-state index contributed by atoms with van der Waals surface area (Å²) in [4.78, 5) is 0. The highest BCUT2D eigenvalue weighted by Crippen LogP contribution is 2.29. The van der Waals surface area contributed by atoms with Gasteiger partial charge >= 0.3 is 0 Å². The monoisotopic (exact) mass is 209 g/mol. The van der Waals surface area contributed by atoms with Crippen molar-refractivity contribution >= 4 is 0 Å². The van der Waals surface area contributed by atoms with Crippen LogP contribution in [0.5, 0.6) is 5.75 Å². The van der Waals surface area contributed by atoms with Crippen molar-refractivity contribution in [3.63, 3.8) is 0 Å². The van der Waals surface area contributed by atoms with Crippen LogP contribution in [0.15, 0.2) is 12.1 Å². The minimum absolute atomic E-state index is 0.0653. The topological polar surface area (TPSA) is 32.3 Å². The fourth-order valence-corrected chi connectivity index (χ4v) is 2.06. The highest BCUT2D eigenvalue weighted by Gasteiger charge is 2.17. The third-order valence-corrected chi connectivity index (χ3v) is 3.11. The first kappa shape index (κ1) is 10.4. The largest absolute Gasteiger partial charge is 0.508 e. The Morgan fingerprint density at radius 2 is 2.27 bits per heavy atom. The molecular weight excluding hydrogens is 193 g/mol. The number of phenols is 1. The van der Waals surface area contributed by atoms with Gasteiger partial charge in [0.1, 0.15) is 11.6 Å². The molecule has 3 heteroatoms. The average Bonchev–Trinajstić information content (AvgIpc) is 2.26. The molecule has 0 saturated carbocycles. The van der Waals surface area contributed by atoms with Crippen molar-refractivity contribution in [2.75, 3.05) is 13.1 Å². The number of piperidine rings is 1. The highest BCUT2D eigenvalue weighted by molar-refractivity contribution is 5.38. The second-order valence-electron chi connectivity index (χ2n) is 4.19. The summed E-state index contributed by atoms with van der Waals surface area (Å²) in [7, 11) is 0. The van der Waals surface area contributed by atoms with Crippen LogP contribution in [-0.4, -0.2) is 18.2 Å². The summed E-state index contributed by atoms with van der Waals surface area (Å²) in [5, 5.41) is 12.8. The SMILES string of the molecule is Cc1c(O)cc(C2CCCNC2)cc1F. The first-order valence-corrected chi connectivity index (χ1v) is 5.38. The van der Waals surface area contributed by atoms with Crippen LogP contribution in [0.25, 0.3) is 0 Å². The van der Waals surface area contributed by atoms with E-state index in [1.807, 2.05) is 0 Å². The second-order valence-corrected chi connectivity index (χ2v) is 4.19. The third kappa shape index (κ3) is 2.12. The van der Waals surface area contributed by atoms with Gasteiger partial charge < -0.3 is 10.4 Å². The van der Waals surface area contributed by atoms with Crippen molar-refractivity contribution in [3.05, 3.63) is 29.1 Å². The Morgan fingerprint density at radius 3 is 2.87 bits per heavy atom. The summed E-state index contributed by atoms with van der Waals surface area (Å²) in [5.41, 5.74) is 1.24. The van der Waals surface area contributed by atoms with Gasteiger partial charge in [-0.25, -0.2) is 4.39 Å². The molecule has 0 aliphatic carbocycles. The molecule has 15 heavy (non-hydrogen) atoms. The fraction of sp³-hybridized carbons (Fsp3) is 0.500. The molecule has 1 fully saturated rings. The van der Waals surface area contributed by atoms with E-state index in [1.165, 1.54) is 0 Å². The van der Waals surface area contributed by atoms with Crippen LogP contribution >= 0.6 is 0 Å². The number of benzene rings is 1. The standard InChI is InChI=1S/C12H16FNO/c1-8-11(13)5-10(6-12(8)15)9-3-2-4-14-7-9/h5-6,9,14-15H,2-4,7H2,1H3. The van der Waals surface area contributed by atoms with Crippen LogP contribution in [0.1, 0.15) is 29.9 Å². The summed E-state index contributed by atoms with van der Waals surface area (Å²) in [6.45, 7) is 3.51. The van der Waals surface area contributed by atoms with Crippen molar-refractivity contribution in [1.82, 2.24) is 5.32 Å². The Bertz CT molecular complexity index is 336. The van der Waals surface area contributed by atoms with Gasteiger partial charge in [-0.1, -0.05) is 0 Å². The van der Waals surface area contributed by atoms with Gasteiger partial charge in [0, 0.05) is 12.1 Å². The average molecular weight is 209 g/mol. The number of hydrogen-bond donors (Lipinski definition) is 2. The molecule has 2 rings (SSSR count). The molecule has 2 N–H and O–H groups in total. The van der Waals surface area contributed by atoms with E-state index in [1.54, 1.807) is 19.1 Å². The summed E-state index contributed by atoms with van der Waals surface area (Å²) in [6.07, 6.45) is 2.18. The number of rotatable bonds is 1. The van der Waals surface area contributed by atoms with Crippen LogP contribution in [0.4, 0.5) is 4.39 Å². The molecule has 2 nitrogen and oxygen atoms in total. The van der Waals surface area contributed by atoms with Gasteiger partial charge in [-0.3, -0.25) is 0 Å². The van der Waals surface area contributed by atoms with E-state index in [4.69, 9.17) is 0 Å². The van der Waals surface area contributed by atoms with E-state index < -0.39 is 0 Å². The van der Waals surface area contributed by atoms with E-state index >= 15 is 0 Å². The van der Waals surface area contributed by atoms with E-state index in [2.05, 4.69) is 5.32 Å². The maximum Gasteiger partial charge on any atom is 0.130 e. The van der Waals surface area contributed by atoms with Crippen molar-refractivity contribution < 1.29 is 9.50 Å². The van der Waals surface area contributed by atoms with Crippen LogP contribution in [0, 0.1) is 12.7 Å². The van der Waals surface area contributed by atoms with Gasteiger partial charge in [-0.05, 0) is 49.9 Å². The lowest BCUT2D eigenvalue weighted by molar-refractivity contribution is 0.444. The Balaban J connectivity index is 2.27. The molecule has 82 valence electrons. The maximum atomic E-state index is 13.4. The molecule has 1 heterocycles. The fourth-order valence-electron chi connectivity index (χ4n) is 2.06. The Labute approximate surface area is 89.1 Å². The normalized spacial score (nSPS) is 21.6. The van der Waals surface area contributed by atoms with Gasteiger partial charge in [-0.15, -0.1) is 0 Å². The third-order valence-electron chi connectivity index (χ3n) is 3.11. The maximum absolute atomic E-state index is 13.4. The predicted octanol–water partition coefficient (Wildman–Crippen LogP) is 2.31. The van der Waals surface area contributed by atoms with Crippen LogP contribution < -0.4 is 5.32 Å². The molecular formula is C12H16FNO. The molecule has 1 aromatic carbocycles. The van der Waals surface area contributed by atoms with Crippen LogP contribution in [-0.2, 0) is 0 Å². The zero-order valence-electron chi connectivity index (χ0n) is 8.89. The lowest BCUT2D eigenvalue weighted by Crippen LogP contribution is -2.28. The van der Waals surface area contributed by atoms with Gasteiger partial charge in [0.05, 0.1) is 0 Å². The number of hydrogen-bond acceptors (Lipinski definition) is 2. The first-order chi connectivity index (χ1) is 7.18. The van der Waals surface area contributed by atoms with E-state index in [-0.39, 0.29) is 11.6 Å². The molecule has 1 aliphatic heterocycles. The lowest BCUT2D eigenvalue weighted by atomic mass is 9.91. The zero-order valence-corrected chi connectivity index (χ0v) is 8.89. The van der Waals surface area contributed by atoms with E-state index in [0.29, 0.717) is 11.5 Å². The highest BCUT2D eigenvalue weighted by atomic mass is 19.1. The minimum Gasteiger partial charge on any atom is -0.508 e. The van der Waals surface area contributed by atoms with Crippen molar-refractivity contribution in [2.24, 2.45) is 0 Å². The molecule has 1 atom stereocenters. The Hall–Kier alpha value is -1.09. The summed E-state index contributed by atoms with van der Waals surface area (Å²) < 4.78 is 13.4. The van der Waals surface area contributed by atoms with Gasteiger partial charge in [-0.2, -0.15) is 0 Å². The van der Waals surface area contributed by atoms with Gasteiger partial charge in [0.25, 0.3) is 0 Å². The molecule has 1 unspecified atom stereocenters. The lowest BCUT2D eigenvalue weighted by Gasteiger charge is -2.23. The second kappa shape index (κ2) is 4.19. The minimum atomic E-state index is -0.310. The number of nitrogens with one attached hydrogen (secondary N) is 1. The van der Waals surface area contributed by atoms with Crippen LogP contribution in [0.2, 0.25) is 0 Å². The summed E-state index contributed by atoms with van der Waals surface area (Å²) in [6, 6.07) is 3.24.